The summed E-state index contributed by atoms with van der Waals surface area (Å²) in [6.07, 6.45) is 0. The molecule has 0 radical (unpaired) electrons. The third-order valence-corrected chi connectivity index (χ3v) is 3.53. The zero-order valence-corrected chi connectivity index (χ0v) is 11.7. The van der Waals surface area contributed by atoms with Crippen molar-refractivity contribution in [2.75, 3.05) is 5.32 Å². The maximum atomic E-state index is 11.3. The number of imidazole rings is 1. The van der Waals surface area contributed by atoms with E-state index in [-0.39, 0.29) is 11.7 Å². The Kier molecular flexibility index (Phi) is 2.85. The lowest BCUT2D eigenvalue weighted by atomic mass is 10.1. The molecule has 0 aliphatic carbocycles. The molecule has 1 atom stereocenters. The van der Waals surface area contributed by atoms with Gasteiger partial charge in [0.2, 0.25) is 0 Å². The van der Waals surface area contributed by atoms with Gasteiger partial charge in [-0.15, -0.1) is 0 Å². The van der Waals surface area contributed by atoms with E-state index in [1.807, 2.05) is 32.0 Å². The first-order chi connectivity index (χ1) is 9.54. The monoisotopic (exact) mass is 271 g/mol. The minimum absolute atomic E-state index is 0.118. The molecule has 0 aliphatic heterocycles. The predicted molar refractivity (Wildman–Crippen MR) is 79.0 cm³/mol. The number of nitrogens with one attached hydrogen (secondary N) is 4. The van der Waals surface area contributed by atoms with Gasteiger partial charge in [-0.1, -0.05) is 6.07 Å². The lowest BCUT2D eigenvalue weighted by Gasteiger charge is -2.16. The van der Waals surface area contributed by atoms with E-state index in [2.05, 4.69) is 32.4 Å². The van der Waals surface area contributed by atoms with Crippen LogP contribution in [-0.2, 0) is 0 Å². The molecule has 1 unspecified atom stereocenters. The van der Waals surface area contributed by atoms with Crippen molar-refractivity contribution in [1.29, 1.82) is 0 Å². The Balaban J connectivity index is 1.92. The molecule has 0 fully saturated rings. The fourth-order valence-corrected chi connectivity index (χ4v) is 2.38. The van der Waals surface area contributed by atoms with Crippen LogP contribution in [0.2, 0.25) is 0 Å². The van der Waals surface area contributed by atoms with Gasteiger partial charge in [0.05, 0.1) is 28.1 Å². The summed E-state index contributed by atoms with van der Waals surface area (Å²) in [6.45, 7) is 6.03. The SMILES string of the molecule is Cc1n[nH]c(C)c1NC(C)c1ccc2[nH]c(=O)[nH]c2c1. The molecule has 2 aromatic heterocycles. The van der Waals surface area contributed by atoms with E-state index >= 15 is 0 Å². The lowest BCUT2D eigenvalue weighted by Crippen LogP contribution is -2.07. The highest BCUT2D eigenvalue weighted by atomic mass is 16.1. The molecule has 0 amide bonds. The number of hydrogen-bond acceptors (Lipinski definition) is 3. The van der Waals surface area contributed by atoms with Crippen LogP contribution in [0.5, 0.6) is 0 Å². The van der Waals surface area contributed by atoms with Crippen LogP contribution in [-0.4, -0.2) is 20.2 Å². The molecule has 1 aromatic carbocycles. The van der Waals surface area contributed by atoms with Crippen molar-refractivity contribution >= 4 is 16.7 Å². The van der Waals surface area contributed by atoms with E-state index in [9.17, 15) is 4.79 Å². The van der Waals surface area contributed by atoms with Crippen molar-refractivity contribution in [3.8, 4) is 0 Å². The minimum Gasteiger partial charge on any atom is -0.376 e. The summed E-state index contributed by atoms with van der Waals surface area (Å²) in [5.41, 5.74) is 5.56. The number of H-pyrrole nitrogens is 3. The average Bonchev–Trinajstić information content (AvgIpc) is 2.93. The predicted octanol–water partition coefficient (Wildman–Crippen LogP) is 2.37. The molecule has 0 aliphatic rings. The smallest absolute Gasteiger partial charge is 0.323 e. The van der Waals surface area contributed by atoms with Gasteiger partial charge in [0, 0.05) is 6.04 Å². The minimum atomic E-state index is -0.181. The summed E-state index contributed by atoms with van der Waals surface area (Å²) in [7, 11) is 0. The van der Waals surface area contributed by atoms with Gasteiger partial charge in [-0.3, -0.25) is 5.10 Å². The molecule has 0 spiro atoms. The number of aryl methyl sites for hydroxylation is 2. The van der Waals surface area contributed by atoms with Gasteiger partial charge in [-0.2, -0.15) is 5.10 Å². The first-order valence-electron chi connectivity index (χ1n) is 6.54. The fourth-order valence-electron chi connectivity index (χ4n) is 2.38. The summed E-state index contributed by atoms with van der Waals surface area (Å²) < 4.78 is 0. The number of aromatic nitrogens is 4. The first kappa shape index (κ1) is 12.5. The van der Waals surface area contributed by atoms with Gasteiger partial charge in [0.15, 0.2) is 0 Å². The Morgan fingerprint density at radius 3 is 2.65 bits per heavy atom. The third-order valence-electron chi connectivity index (χ3n) is 3.53. The largest absolute Gasteiger partial charge is 0.376 e. The average molecular weight is 271 g/mol. The molecule has 3 aromatic rings. The normalized spacial score (nSPS) is 12.8. The number of fused-ring (bicyclic) bond motifs is 1. The fraction of sp³-hybridized carbons (Fsp3) is 0.286. The van der Waals surface area contributed by atoms with E-state index < -0.39 is 0 Å². The van der Waals surface area contributed by atoms with Gasteiger partial charge >= 0.3 is 5.69 Å². The van der Waals surface area contributed by atoms with Gasteiger partial charge in [-0.25, -0.2) is 4.79 Å². The highest BCUT2D eigenvalue weighted by Crippen LogP contribution is 2.24. The third kappa shape index (κ3) is 2.09. The number of hydrogen-bond donors (Lipinski definition) is 4. The van der Waals surface area contributed by atoms with Crippen LogP contribution in [0.25, 0.3) is 11.0 Å². The van der Waals surface area contributed by atoms with Gasteiger partial charge in [0.25, 0.3) is 0 Å². The molecular weight excluding hydrogens is 254 g/mol. The van der Waals surface area contributed by atoms with Crippen molar-refractivity contribution in [2.24, 2.45) is 0 Å². The van der Waals surface area contributed by atoms with Crippen molar-refractivity contribution in [1.82, 2.24) is 20.2 Å². The topological polar surface area (TPSA) is 89.4 Å². The van der Waals surface area contributed by atoms with E-state index in [1.54, 1.807) is 0 Å². The number of rotatable bonds is 3. The highest BCUT2D eigenvalue weighted by molar-refractivity contribution is 5.75. The first-order valence-corrected chi connectivity index (χ1v) is 6.54. The second-order valence-corrected chi connectivity index (χ2v) is 5.06. The molecule has 3 rings (SSSR count). The molecule has 0 saturated carbocycles. The number of aromatic amines is 3. The quantitative estimate of drug-likeness (QED) is 0.589. The summed E-state index contributed by atoms with van der Waals surface area (Å²) in [6, 6.07) is 6.02. The lowest BCUT2D eigenvalue weighted by molar-refractivity contribution is 0.882. The van der Waals surface area contributed by atoms with Crippen LogP contribution in [0.15, 0.2) is 23.0 Å². The van der Waals surface area contributed by atoms with Crippen molar-refractivity contribution in [3.05, 3.63) is 45.6 Å². The summed E-state index contributed by atoms with van der Waals surface area (Å²) in [4.78, 5) is 16.8. The molecule has 0 saturated heterocycles. The Bertz CT molecular complexity index is 791. The van der Waals surface area contributed by atoms with Gasteiger partial charge in [0.1, 0.15) is 0 Å². The molecule has 0 bridgehead atoms. The Morgan fingerprint density at radius 1 is 1.20 bits per heavy atom. The highest BCUT2D eigenvalue weighted by Gasteiger charge is 2.12. The van der Waals surface area contributed by atoms with Crippen LogP contribution in [0.4, 0.5) is 5.69 Å². The maximum absolute atomic E-state index is 11.3. The molecule has 20 heavy (non-hydrogen) atoms. The van der Waals surface area contributed by atoms with Crippen molar-refractivity contribution < 1.29 is 0 Å². The zero-order chi connectivity index (χ0) is 14.3. The Hall–Kier alpha value is -2.50. The van der Waals surface area contributed by atoms with Crippen LogP contribution in [0.3, 0.4) is 0 Å². The zero-order valence-electron chi connectivity index (χ0n) is 11.7. The van der Waals surface area contributed by atoms with E-state index in [0.717, 1.165) is 33.7 Å². The summed E-state index contributed by atoms with van der Waals surface area (Å²) >= 11 is 0. The van der Waals surface area contributed by atoms with Crippen molar-refractivity contribution in [3.63, 3.8) is 0 Å². The number of nitrogens with zero attached hydrogens (tertiary/aromatic N) is 1. The molecule has 6 heteroatoms. The number of benzene rings is 1. The van der Waals surface area contributed by atoms with E-state index in [4.69, 9.17) is 0 Å². The maximum Gasteiger partial charge on any atom is 0.323 e. The van der Waals surface area contributed by atoms with E-state index in [0.29, 0.717) is 0 Å². The standard InChI is InChI=1S/C14H17N5O/c1-7(15-13-8(2)18-19-9(13)3)10-4-5-11-12(6-10)17-14(20)16-11/h4-7,15H,1-3H3,(H,18,19)(H2,16,17,20). The molecule has 104 valence electrons. The molecule has 6 nitrogen and oxygen atoms in total. The van der Waals surface area contributed by atoms with Crippen LogP contribution in [0.1, 0.15) is 29.9 Å². The second-order valence-electron chi connectivity index (χ2n) is 5.06. The van der Waals surface area contributed by atoms with Crippen LogP contribution >= 0.6 is 0 Å². The van der Waals surface area contributed by atoms with Crippen LogP contribution in [0, 0.1) is 13.8 Å². The molecule has 2 heterocycles. The Morgan fingerprint density at radius 2 is 1.95 bits per heavy atom. The Labute approximate surface area is 115 Å². The summed E-state index contributed by atoms with van der Waals surface area (Å²) in [5.74, 6) is 0. The van der Waals surface area contributed by atoms with E-state index in [1.165, 1.54) is 0 Å². The molecule has 4 N–H and O–H groups in total. The van der Waals surface area contributed by atoms with Crippen LogP contribution < -0.4 is 11.0 Å². The van der Waals surface area contributed by atoms with Gasteiger partial charge in [-0.05, 0) is 38.5 Å². The number of anilines is 1. The second kappa shape index (κ2) is 4.56. The summed E-state index contributed by atoms with van der Waals surface area (Å²) in [5, 5.41) is 10.6. The molecular formula is C14H17N5O. The van der Waals surface area contributed by atoms with Gasteiger partial charge < -0.3 is 15.3 Å². The van der Waals surface area contributed by atoms with Crippen molar-refractivity contribution in [2.45, 2.75) is 26.8 Å².